The van der Waals surface area contributed by atoms with E-state index in [-0.39, 0.29) is 23.4 Å². The van der Waals surface area contributed by atoms with E-state index in [1.807, 2.05) is 25.1 Å². The molecule has 0 radical (unpaired) electrons. The monoisotopic (exact) mass is 419 g/mol. The van der Waals surface area contributed by atoms with Gasteiger partial charge in [-0.05, 0) is 64.3 Å². The maximum absolute atomic E-state index is 12.5. The van der Waals surface area contributed by atoms with Crippen molar-refractivity contribution in [2.24, 2.45) is 5.41 Å². The largest absolute Gasteiger partial charge is 0.468 e. The highest BCUT2D eigenvalue weighted by atomic mass is 32.2. The predicted molar refractivity (Wildman–Crippen MR) is 109 cm³/mol. The molecule has 1 aromatic carbocycles. The lowest BCUT2D eigenvalue weighted by Crippen LogP contribution is -2.34. The SMILES string of the molecule is CN(C)C(CNC(=O)c1ccc(N2C(=O)C(C)(C)CS2(=O)=O)cc1)c1ccco1. The van der Waals surface area contributed by atoms with Crippen molar-refractivity contribution in [3.63, 3.8) is 0 Å². The number of hydrogen-bond acceptors (Lipinski definition) is 6. The van der Waals surface area contributed by atoms with Gasteiger partial charge in [0.2, 0.25) is 15.9 Å². The Morgan fingerprint density at radius 1 is 1.24 bits per heavy atom. The quantitative estimate of drug-likeness (QED) is 0.769. The average Bonchev–Trinajstić information content (AvgIpc) is 3.20. The topological polar surface area (TPSA) is 99.9 Å². The fourth-order valence-corrected chi connectivity index (χ4v) is 5.43. The number of benzene rings is 1. The highest BCUT2D eigenvalue weighted by Crippen LogP contribution is 2.35. The molecule has 1 aromatic heterocycles. The highest BCUT2D eigenvalue weighted by molar-refractivity contribution is 7.94. The Morgan fingerprint density at radius 3 is 2.38 bits per heavy atom. The van der Waals surface area contributed by atoms with E-state index in [0.29, 0.717) is 12.1 Å². The van der Waals surface area contributed by atoms with Gasteiger partial charge in [-0.2, -0.15) is 0 Å². The molecular weight excluding hydrogens is 394 g/mol. The van der Waals surface area contributed by atoms with Crippen LogP contribution in [-0.2, 0) is 14.8 Å². The second-order valence-corrected chi connectivity index (χ2v) is 9.78. The number of carbonyl (C=O) groups is 2. The van der Waals surface area contributed by atoms with Crippen molar-refractivity contribution in [3.8, 4) is 0 Å². The number of furan rings is 1. The summed E-state index contributed by atoms with van der Waals surface area (Å²) in [5, 5.41) is 2.86. The molecule has 0 saturated carbocycles. The fourth-order valence-electron chi connectivity index (χ4n) is 3.32. The molecule has 2 aromatic rings. The van der Waals surface area contributed by atoms with Gasteiger partial charge in [-0.3, -0.25) is 14.5 Å². The molecule has 1 atom stereocenters. The molecule has 1 saturated heterocycles. The molecule has 1 aliphatic heterocycles. The zero-order chi connectivity index (χ0) is 21.4. The van der Waals surface area contributed by atoms with Crippen LogP contribution in [0.1, 0.15) is 36.0 Å². The van der Waals surface area contributed by atoms with Crippen LogP contribution in [-0.4, -0.2) is 51.5 Å². The van der Waals surface area contributed by atoms with Crippen LogP contribution in [0.5, 0.6) is 0 Å². The molecule has 1 fully saturated rings. The summed E-state index contributed by atoms with van der Waals surface area (Å²) in [6.07, 6.45) is 1.58. The predicted octanol–water partition coefficient (Wildman–Crippen LogP) is 2.01. The van der Waals surface area contributed by atoms with E-state index in [0.717, 1.165) is 10.1 Å². The molecule has 156 valence electrons. The number of amides is 2. The van der Waals surface area contributed by atoms with E-state index in [2.05, 4.69) is 5.32 Å². The first-order valence-electron chi connectivity index (χ1n) is 9.18. The standard InChI is InChI=1S/C20H25N3O5S/c1-20(2)13-29(26,27)23(19(20)25)15-9-7-14(8-10-15)18(24)21-12-16(22(3)4)17-6-5-11-28-17/h5-11,16H,12-13H2,1-4H3,(H,21,24). The summed E-state index contributed by atoms with van der Waals surface area (Å²) in [6.45, 7) is 3.55. The number of nitrogens with one attached hydrogen (secondary N) is 1. The van der Waals surface area contributed by atoms with E-state index >= 15 is 0 Å². The van der Waals surface area contributed by atoms with Gasteiger partial charge in [-0.1, -0.05) is 0 Å². The molecule has 1 N–H and O–H groups in total. The first-order chi connectivity index (χ1) is 13.5. The van der Waals surface area contributed by atoms with Gasteiger partial charge in [0.1, 0.15) is 5.76 Å². The van der Waals surface area contributed by atoms with E-state index in [1.165, 1.54) is 24.3 Å². The van der Waals surface area contributed by atoms with Crippen LogP contribution in [0.2, 0.25) is 0 Å². The minimum atomic E-state index is -3.72. The number of carbonyl (C=O) groups excluding carboxylic acids is 2. The van der Waals surface area contributed by atoms with Gasteiger partial charge in [-0.15, -0.1) is 0 Å². The minimum absolute atomic E-state index is 0.122. The number of anilines is 1. The Morgan fingerprint density at radius 2 is 1.90 bits per heavy atom. The Labute approximate surface area is 170 Å². The molecule has 0 spiro atoms. The second-order valence-electron chi connectivity index (χ2n) is 7.96. The Kier molecular flexibility index (Phi) is 5.55. The molecule has 1 aliphatic rings. The smallest absolute Gasteiger partial charge is 0.251 e. The molecule has 8 nitrogen and oxygen atoms in total. The van der Waals surface area contributed by atoms with Gasteiger partial charge in [0.05, 0.1) is 29.2 Å². The van der Waals surface area contributed by atoms with Crippen molar-refractivity contribution in [2.75, 3.05) is 30.7 Å². The van der Waals surface area contributed by atoms with Crippen molar-refractivity contribution in [1.82, 2.24) is 10.2 Å². The lowest BCUT2D eigenvalue weighted by Gasteiger charge is -2.22. The lowest BCUT2D eigenvalue weighted by atomic mass is 9.95. The fraction of sp³-hybridized carbons (Fsp3) is 0.400. The minimum Gasteiger partial charge on any atom is -0.468 e. The number of likely N-dealkylation sites (N-methyl/N-ethyl adjacent to an activating group) is 1. The van der Waals surface area contributed by atoms with Crippen LogP contribution >= 0.6 is 0 Å². The first-order valence-corrected chi connectivity index (χ1v) is 10.8. The number of sulfonamides is 1. The van der Waals surface area contributed by atoms with Crippen LogP contribution in [0.25, 0.3) is 0 Å². The van der Waals surface area contributed by atoms with E-state index in [9.17, 15) is 18.0 Å². The van der Waals surface area contributed by atoms with Gasteiger partial charge < -0.3 is 9.73 Å². The first kappa shape index (κ1) is 21.1. The molecule has 0 bridgehead atoms. The molecule has 2 amide bonds. The van der Waals surface area contributed by atoms with Crippen molar-refractivity contribution >= 4 is 27.5 Å². The molecule has 9 heteroatoms. The van der Waals surface area contributed by atoms with Crippen LogP contribution in [0.15, 0.2) is 47.1 Å². The van der Waals surface area contributed by atoms with Crippen molar-refractivity contribution in [3.05, 3.63) is 54.0 Å². The van der Waals surface area contributed by atoms with Crippen molar-refractivity contribution in [1.29, 1.82) is 0 Å². The van der Waals surface area contributed by atoms with Gasteiger partial charge in [0, 0.05) is 12.1 Å². The molecule has 3 rings (SSSR count). The summed E-state index contributed by atoms with van der Waals surface area (Å²) in [5.74, 6) is -0.265. The lowest BCUT2D eigenvalue weighted by molar-refractivity contribution is -0.123. The average molecular weight is 420 g/mol. The number of rotatable bonds is 6. The van der Waals surface area contributed by atoms with E-state index in [4.69, 9.17) is 4.42 Å². The Hall–Kier alpha value is -2.65. The molecule has 0 aliphatic carbocycles. The molecule has 1 unspecified atom stereocenters. The van der Waals surface area contributed by atoms with Gasteiger partial charge in [0.25, 0.3) is 5.91 Å². The zero-order valence-corrected chi connectivity index (χ0v) is 17.7. The molecule has 2 heterocycles. The summed E-state index contributed by atoms with van der Waals surface area (Å²) in [6, 6.07) is 9.49. The van der Waals surface area contributed by atoms with Gasteiger partial charge >= 0.3 is 0 Å². The van der Waals surface area contributed by atoms with Gasteiger partial charge in [-0.25, -0.2) is 12.7 Å². The second kappa shape index (κ2) is 7.64. The number of hydrogen-bond donors (Lipinski definition) is 1. The summed E-state index contributed by atoms with van der Waals surface area (Å²) in [7, 11) is 0.0651. The van der Waals surface area contributed by atoms with Crippen molar-refractivity contribution in [2.45, 2.75) is 19.9 Å². The highest BCUT2D eigenvalue weighted by Gasteiger charge is 2.49. The third kappa shape index (κ3) is 4.20. The zero-order valence-electron chi connectivity index (χ0n) is 16.9. The maximum Gasteiger partial charge on any atom is 0.251 e. The van der Waals surface area contributed by atoms with Crippen LogP contribution < -0.4 is 9.62 Å². The third-order valence-corrected chi connectivity index (χ3v) is 6.92. The Bertz CT molecular complexity index is 995. The van der Waals surface area contributed by atoms with Crippen molar-refractivity contribution < 1.29 is 22.4 Å². The summed E-state index contributed by atoms with van der Waals surface area (Å²) >= 11 is 0. The molecular formula is C20H25N3O5S. The maximum atomic E-state index is 12.5. The Balaban J connectivity index is 1.72. The third-order valence-electron chi connectivity index (χ3n) is 4.90. The van der Waals surface area contributed by atoms with E-state index < -0.39 is 21.3 Å². The summed E-state index contributed by atoms with van der Waals surface area (Å²) in [5.41, 5.74) is -0.366. The molecule has 29 heavy (non-hydrogen) atoms. The van der Waals surface area contributed by atoms with Gasteiger partial charge in [0.15, 0.2) is 0 Å². The van der Waals surface area contributed by atoms with E-state index in [1.54, 1.807) is 26.2 Å². The summed E-state index contributed by atoms with van der Waals surface area (Å²) in [4.78, 5) is 26.9. The van der Waals surface area contributed by atoms with Crippen LogP contribution in [0.3, 0.4) is 0 Å². The normalized spacial score (nSPS) is 18.8. The summed E-state index contributed by atoms with van der Waals surface area (Å²) < 4.78 is 31.0. The van der Waals surface area contributed by atoms with Crippen LogP contribution in [0, 0.1) is 5.41 Å². The van der Waals surface area contributed by atoms with Crippen LogP contribution in [0.4, 0.5) is 5.69 Å². The number of nitrogens with zero attached hydrogens (tertiary/aromatic N) is 2.